The molecule has 0 bridgehead atoms. The molecule has 1 aromatic carbocycles. The Balaban J connectivity index is 3.08. The second-order valence-electron chi connectivity index (χ2n) is 2.88. The van der Waals surface area contributed by atoms with Crippen molar-refractivity contribution in [3.05, 3.63) is 41.4 Å². The first-order valence-corrected chi connectivity index (χ1v) is 4.57. The molecule has 0 fully saturated rings. The molecule has 0 aliphatic rings. The van der Waals surface area contributed by atoms with Gasteiger partial charge in [-0.2, -0.15) is 5.26 Å². The summed E-state index contributed by atoms with van der Waals surface area (Å²) in [5, 5.41) is 9.00. The quantitative estimate of drug-likeness (QED) is 0.719. The number of likely N-dealkylation sites (N-methyl/N-ethyl adjacent to an activating group) is 1. The lowest BCUT2D eigenvalue weighted by atomic mass is 10.2. The van der Waals surface area contributed by atoms with Crippen molar-refractivity contribution in [1.29, 1.82) is 5.26 Å². The Hall–Kier alpha value is -1.79. The molecule has 76 valence electrons. The maximum atomic E-state index is 11.3. The van der Waals surface area contributed by atoms with Gasteiger partial charge in [0.15, 0.2) is 0 Å². The number of hydrogen-bond donors (Lipinski definition) is 0. The molecule has 0 N–H and O–H groups in total. The van der Waals surface area contributed by atoms with Crippen LogP contribution < -0.4 is 4.90 Å². The van der Waals surface area contributed by atoms with Gasteiger partial charge in [-0.3, -0.25) is 4.79 Å². The fraction of sp³-hybridized carbons (Fsp3) is 0.0909. The highest BCUT2D eigenvalue weighted by Gasteiger charge is 2.08. The van der Waals surface area contributed by atoms with E-state index in [1.165, 1.54) is 11.0 Å². The van der Waals surface area contributed by atoms with Crippen LogP contribution in [0.15, 0.2) is 30.9 Å². The first-order valence-electron chi connectivity index (χ1n) is 4.20. The number of carbonyl (C=O) groups is 1. The Bertz CT molecular complexity index is 448. The largest absolute Gasteiger partial charge is 0.312 e. The first kappa shape index (κ1) is 11.3. The molecular weight excluding hydrogens is 212 g/mol. The third-order valence-electron chi connectivity index (χ3n) is 1.97. The molecule has 1 rings (SSSR count). The van der Waals surface area contributed by atoms with E-state index < -0.39 is 0 Å². The van der Waals surface area contributed by atoms with Crippen molar-refractivity contribution >= 4 is 23.2 Å². The lowest BCUT2D eigenvalue weighted by molar-refractivity contribution is -0.113. The molecule has 0 spiro atoms. The average Bonchev–Trinajstić information content (AvgIpc) is 2.26. The fourth-order valence-corrected chi connectivity index (χ4v) is 1.28. The molecule has 1 amide bonds. The molecule has 4 heteroatoms. The number of halogens is 1. The van der Waals surface area contributed by atoms with Crippen LogP contribution in [0.1, 0.15) is 5.56 Å². The SMILES string of the molecule is C=CC(=O)N(C)c1ccc(C#N)c(Cl)c1. The third kappa shape index (κ3) is 2.36. The topological polar surface area (TPSA) is 44.1 Å². The summed E-state index contributed by atoms with van der Waals surface area (Å²) in [6.07, 6.45) is 1.21. The highest BCUT2D eigenvalue weighted by atomic mass is 35.5. The van der Waals surface area contributed by atoms with Gasteiger partial charge < -0.3 is 4.90 Å². The van der Waals surface area contributed by atoms with E-state index in [1.807, 2.05) is 6.07 Å². The summed E-state index contributed by atoms with van der Waals surface area (Å²) >= 11 is 5.84. The number of amides is 1. The maximum Gasteiger partial charge on any atom is 0.250 e. The minimum Gasteiger partial charge on any atom is -0.312 e. The van der Waals surface area contributed by atoms with E-state index in [1.54, 1.807) is 25.2 Å². The predicted octanol–water partition coefficient (Wildman–Crippen LogP) is 2.36. The number of carbonyl (C=O) groups excluding carboxylic acids is 1. The van der Waals surface area contributed by atoms with Gasteiger partial charge in [0.25, 0.3) is 0 Å². The lowest BCUT2D eigenvalue weighted by Crippen LogP contribution is -2.23. The summed E-state index contributed by atoms with van der Waals surface area (Å²) in [5.41, 5.74) is 1.02. The molecule has 0 saturated heterocycles. The van der Waals surface area contributed by atoms with Gasteiger partial charge in [-0.15, -0.1) is 0 Å². The van der Waals surface area contributed by atoms with E-state index in [2.05, 4.69) is 6.58 Å². The number of anilines is 1. The Morgan fingerprint density at radius 1 is 1.67 bits per heavy atom. The van der Waals surface area contributed by atoms with Gasteiger partial charge in [0.2, 0.25) is 5.91 Å². The molecule has 0 aliphatic heterocycles. The van der Waals surface area contributed by atoms with E-state index in [0.717, 1.165) is 0 Å². The second kappa shape index (κ2) is 4.63. The van der Waals surface area contributed by atoms with Crippen molar-refractivity contribution in [1.82, 2.24) is 0 Å². The second-order valence-corrected chi connectivity index (χ2v) is 3.28. The van der Waals surface area contributed by atoms with Crippen LogP contribution in [0.25, 0.3) is 0 Å². The van der Waals surface area contributed by atoms with Gasteiger partial charge in [0, 0.05) is 12.7 Å². The van der Waals surface area contributed by atoms with Gasteiger partial charge in [-0.1, -0.05) is 18.2 Å². The summed E-state index contributed by atoms with van der Waals surface area (Å²) in [4.78, 5) is 12.7. The summed E-state index contributed by atoms with van der Waals surface area (Å²) in [6.45, 7) is 3.39. The smallest absolute Gasteiger partial charge is 0.250 e. The van der Waals surface area contributed by atoms with Gasteiger partial charge in [-0.25, -0.2) is 0 Å². The van der Waals surface area contributed by atoms with Gasteiger partial charge >= 0.3 is 0 Å². The number of nitriles is 1. The molecule has 0 saturated carbocycles. The van der Waals surface area contributed by atoms with E-state index in [9.17, 15) is 4.79 Å². The van der Waals surface area contributed by atoms with Crippen molar-refractivity contribution < 1.29 is 4.79 Å². The van der Waals surface area contributed by atoms with Gasteiger partial charge in [0.05, 0.1) is 10.6 Å². The first-order chi connectivity index (χ1) is 7.10. The molecule has 0 unspecified atom stereocenters. The highest BCUT2D eigenvalue weighted by molar-refractivity contribution is 6.32. The fourth-order valence-electron chi connectivity index (χ4n) is 1.07. The minimum atomic E-state index is -0.226. The van der Waals surface area contributed by atoms with Crippen LogP contribution >= 0.6 is 11.6 Å². The zero-order valence-corrected chi connectivity index (χ0v) is 8.95. The van der Waals surface area contributed by atoms with E-state index in [4.69, 9.17) is 16.9 Å². The van der Waals surface area contributed by atoms with Crippen LogP contribution in [0.4, 0.5) is 5.69 Å². The summed E-state index contributed by atoms with van der Waals surface area (Å²) in [6, 6.07) is 6.75. The van der Waals surface area contributed by atoms with Crippen molar-refractivity contribution in [2.45, 2.75) is 0 Å². The zero-order valence-electron chi connectivity index (χ0n) is 8.20. The van der Waals surface area contributed by atoms with Gasteiger partial charge in [0.1, 0.15) is 6.07 Å². The van der Waals surface area contributed by atoms with Crippen molar-refractivity contribution in [3.63, 3.8) is 0 Å². The number of hydrogen-bond acceptors (Lipinski definition) is 2. The average molecular weight is 221 g/mol. The highest BCUT2D eigenvalue weighted by Crippen LogP contribution is 2.22. The van der Waals surface area contributed by atoms with Crippen LogP contribution in [0, 0.1) is 11.3 Å². The predicted molar refractivity (Wildman–Crippen MR) is 59.8 cm³/mol. The molecule has 0 aliphatic carbocycles. The van der Waals surface area contributed by atoms with Crippen LogP contribution in [0.3, 0.4) is 0 Å². The Morgan fingerprint density at radius 3 is 2.80 bits per heavy atom. The van der Waals surface area contributed by atoms with Crippen LogP contribution in [0.2, 0.25) is 5.02 Å². The van der Waals surface area contributed by atoms with Gasteiger partial charge in [-0.05, 0) is 24.3 Å². The summed E-state index contributed by atoms with van der Waals surface area (Å²) in [7, 11) is 1.61. The maximum absolute atomic E-state index is 11.3. The number of benzene rings is 1. The molecular formula is C11H9ClN2O. The van der Waals surface area contributed by atoms with Crippen molar-refractivity contribution in [2.24, 2.45) is 0 Å². The summed E-state index contributed by atoms with van der Waals surface area (Å²) in [5.74, 6) is -0.226. The molecule has 0 radical (unpaired) electrons. The number of nitrogens with zero attached hydrogens (tertiary/aromatic N) is 2. The van der Waals surface area contributed by atoms with E-state index in [0.29, 0.717) is 16.3 Å². The van der Waals surface area contributed by atoms with Crippen molar-refractivity contribution in [3.8, 4) is 6.07 Å². The lowest BCUT2D eigenvalue weighted by Gasteiger charge is -2.15. The van der Waals surface area contributed by atoms with E-state index >= 15 is 0 Å². The van der Waals surface area contributed by atoms with E-state index in [-0.39, 0.29) is 5.91 Å². The van der Waals surface area contributed by atoms with Crippen molar-refractivity contribution in [2.75, 3.05) is 11.9 Å². The standard InChI is InChI=1S/C11H9ClN2O/c1-3-11(15)14(2)9-5-4-8(7-13)10(12)6-9/h3-6H,1H2,2H3. The Kier molecular flexibility index (Phi) is 3.48. The van der Waals surface area contributed by atoms with Crippen LogP contribution in [-0.2, 0) is 4.79 Å². The van der Waals surface area contributed by atoms with Crippen LogP contribution in [0.5, 0.6) is 0 Å². The summed E-state index contributed by atoms with van der Waals surface area (Å²) < 4.78 is 0. The Morgan fingerprint density at radius 2 is 2.33 bits per heavy atom. The van der Waals surface area contributed by atoms with Crippen LogP contribution in [-0.4, -0.2) is 13.0 Å². The minimum absolute atomic E-state index is 0.226. The Labute approximate surface area is 93.2 Å². The molecule has 0 heterocycles. The molecule has 0 atom stereocenters. The zero-order chi connectivity index (χ0) is 11.4. The normalized spacial score (nSPS) is 9.13. The molecule has 0 aromatic heterocycles. The molecule has 15 heavy (non-hydrogen) atoms. The molecule has 1 aromatic rings. The number of rotatable bonds is 2. The third-order valence-corrected chi connectivity index (χ3v) is 2.28. The molecule has 3 nitrogen and oxygen atoms in total. The monoisotopic (exact) mass is 220 g/mol.